The van der Waals surface area contributed by atoms with Crippen LogP contribution < -0.4 is 14.8 Å². The van der Waals surface area contributed by atoms with E-state index in [-0.39, 0.29) is 34.8 Å². The fraction of sp³-hybridized carbons (Fsp3) is 0.115. The second kappa shape index (κ2) is 10.6. The minimum atomic E-state index is -0.337. The summed E-state index contributed by atoms with van der Waals surface area (Å²) in [5.41, 5.74) is 2.73. The topological polar surface area (TPSA) is 97.4 Å². The zero-order valence-corrected chi connectivity index (χ0v) is 19.0. The molecule has 0 saturated heterocycles. The van der Waals surface area contributed by atoms with E-state index in [4.69, 9.17) is 25.5 Å². The number of fused-ring (bicyclic) bond motifs is 1. The third-order valence-corrected chi connectivity index (χ3v) is 4.97. The summed E-state index contributed by atoms with van der Waals surface area (Å²) in [6.45, 7) is 1.92. The van der Waals surface area contributed by atoms with Crippen LogP contribution in [0.5, 0.6) is 11.5 Å². The maximum Gasteiger partial charge on any atom is 0.262 e. The van der Waals surface area contributed by atoms with Gasteiger partial charge in [-0.3, -0.25) is 4.79 Å². The van der Waals surface area contributed by atoms with Crippen molar-refractivity contribution in [2.45, 2.75) is 6.92 Å². The lowest BCUT2D eigenvalue weighted by Gasteiger charge is -2.14. The molecule has 1 heterocycles. The average Bonchev–Trinajstić information content (AvgIpc) is 3.27. The van der Waals surface area contributed by atoms with Gasteiger partial charge >= 0.3 is 0 Å². The monoisotopic (exact) mass is 473 g/mol. The molecular weight excluding hydrogens is 454 g/mol. The molecule has 0 fully saturated rings. The summed E-state index contributed by atoms with van der Waals surface area (Å²) in [4.78, 5) is 16.6. The molecule has 0 radical (unpaired) electrons. The Bertz CT molecular complexity index is 1360. The fourth-order valence-electron chi connectivity index (χ4n) is 3.23. The summed E-state index contributed by atoms with van der Waals surface area (Å²) in [5, 5.41) is 12.7. The highest BCUT2D eigenvalue weighted by Crippen LogP contribution is 2.38. The number of carbonyl (C=O) groups is 1. The molecule has 0 unspecified atom stereocenters. The number of nitrogens with zero attached hydrogens (tertiary/aromatic N) is 2. The number of halogens is 1. The molecular formula is C26H20ClN3O4. The van der Waals surface area contributed by atoms with Gasteiger partial charge in [0.2, 0.25) is 5.89 Å². The van der Waals surface area contributed by atoms with Gasteiger partial charge in [0.15, 0.2) is 23.7 Å². The van der Waals surface area contributed by atoms with E-state index in [9.17, 15) is 10.1 Å². The van der Waals surface area contributed by atoms with Gasteiger partial charge in [-0.05, 0) is 55.0 Å². The van der Waals surface area contributed by atoms with Crippen LogP contribution in [0, 0.1) is 11.3 Å². The number of hydrogen-bond donors (Lipinski definition) is 1. The Balaban J connectivity index is 1.57. The molecule has 1 amide bonds. The molecule has 0 bridgehead atoms. The number of anilines is 1. The molecule has 4 aromatic rings. The number of rotatable bonds is 8. The van der Waals surface area contributed by atoms with Crippen molar-refractivity contribution in [3.8, 4) is 17.6 Å². The van der Waals surface area contributed by atoms with Crippen molar-refractivity contribution in [3.05, 3.63) is 83.2 Å². The lowest BCUT2D eigenvalue weighted by atomic mass is 10.1. The smallest absolute Gasteiger partial charge is 0.262 e. The number of amides is 1. The van der Waals surface area contributed by atoms with Crippen molar-refractivity contribution < 1.29 is 18.7 Å². The maximum atomic E-state index is 12.3. The van der Waals surface area contributed by atoms with Gasteiger partial charge in [0.25, 0.3) is 5.91 Å². The van der Waals surface area contributed by atoms with Gasteiger partial charge in [-0.1, -0.05) is 41.9 Å². The Morgan fingerprint density at radius 2 is 1.91 bits per heavy atom. The minimum Gasteiger partial charge on any atom is -0.490 e. The van der Waals surface area contributed by atoms with Gasteiger partial charge in [0, 0.05) is 5.69 Å². The molecule has 0 spiro atoms. The van der Waals surface area contributed by atoms with Gasteiger partial charge in [-0.15, -0.1) is 0 Å². The fourth-order valence-corrected chi connectivity index (χ4v) is 3.50. The van der Waals surface area contributed by atoms with E-state index < -0.39 is 0 Å². The van der Waals surface area contributed by atoms with Crippen molar-refractivity contribution in [1.29, 1.82) is 5.26 Å². The molecule has 1 N–H and O–H groups in total. The molecule has 8 heteroatoms. The Kier molecular flexibility index (Phi) is 7.11. The second-order valence-corrected chi connectivity index (χ2v) is 7.53. The minimum absolute atomic E-state index is 0.204. The van der Waals surface area contributed by atoms with E-state index in [1.807, 2.05) is 43.3 Å². The number of hydrogen-bond acceptors (Lipinski definition) is 6. The first-order valence-corrected chi connectivity index (χ1v) is 10.9. The van der Waals surface area contributed by atoms with E-state index in [0.717, 1.165) is 0 Å². The quantitative estimate of drug-likeness (QED) is 0.317. The zero-order valence-electron chi connectivity index (χ0n) is 18.2. The molecule has 7 nitrogen and oxygen atoms in total. The number of nitriles is 1. The molecule has 4 rings (SSSR count). The van der Waals surface area contributed by atoms with Crippen LogP contribution in [0.2, 0.25) is 5.02 Å². The Morgan fingerprint density at radius 3 is 2.65 bits per heavy atom. The third-order valence-electron chi connectivity index (χ3n) is 4.69. The first-order chi connectivity index (χ1) is 16.6. The summed E-state index contributed by atoms with van der Waals surface area (Å²) in [6.07, 6.45) is 1.60. The van der Waals surface area contributed by atoms with Crippen LogP contribution in [0.4, 0.5) is 5.69 Å². The van der Waals surface area contributed by atoms with E-state index in [2.05, 4.69) is 16.4 Å². The second-order valence-electron chi connectivity index (χ2n) is 7.12. The largest absolute Gasteiger partial charge is 0.490 e. The van der Waals surface area contributed by atoms with Crippen LogP contribution in [-0.4, -0.2) is 24.1 Å². The number of carbonyl (C=O) groups excluding carboxylic acids is 1. The Morgan fingerprint density at radius 1 is 1.15 bits per heavy atom. The standard InChI is InChI=1S/C26H20ClN3O4/c1-2-32-23-14-17(12-18(15-28)26-30-21-10-6-7-11-22(21)34-26)13-20(27)25(23)33-16-24(31)29-19-8-4-3-5-9-19/h3-14H,2,16H2,1H3,(H,29,31)/b18-12+. The van der Waals surface area contributed by atoms with Crippen molar-refractivity contribution in [2.75, 3.05) is 18.5 Å². The highest BCUT2D eigenvalue weighted by molar-refractivity contribution is 6.32. The van der Waals surface area contributed by atoms with Crippen molar-refractivity contribution in [2.24, 2.45) is 0 Å². The summed E-state index contributed by atoms with van der Waals surface area (Å²) in [5.74, 6) is 0.458. The van der Waals surface area contributed by atoms with Crippen LogP contribution in [0.15, 0.2) is 71.1 Å². The van der Waals surface area contributed by atoms with Crippen LogP contribution in [0.25, 0.3) is 22.7 Å². The molecule has 3 aromatic carbocycles. The first kappa shape index (κ1) is 22.9. The van der Waals surface area contributed by atoms with Crippen molar-refractivity contribution >= 4 is 45.9 Å². The van der Waals surface area contributed by atoms with Gasteiger partial charge in [0.05, 0.1) is 11.6 Å². The normalized spacial score (nSPS) is 11.1. The SMILES string of the molecule is CCOc1cc(/C=C(\C#N)c2nc3ccccc3o2)cc(Cl)c1OCC(=O)Nc1ccccc1. The summed E-state index contributed by atoms with van der Waals surface area (Å²) in [6, 6.07) is 21.7. The predicted molar refractivity (Wildman–Crippen MR) is 131 cm³/mol. The van der Waals surface area contributed by atoms with Crippen molar-refractivity contribution in [3.63, 3.8) is 0 Å². The van der Waals surface area contributed by atoms with E-state index in [0.29, 0.717) is 34.7 Å². The van der Waals surface area contributed by atoms with Gasteiger partial charge in [-0.25, -0.2) is 4.98 Å². The van der Waals surface area contributed by atoms with E-state index in [1.165, 1.54) is 0 Å². The van der Waals surface area contributed by atoms with Gasteiger partial charge < -0.3 is 19.2 Å². The predicted octanol–water partition coefficient (Wildman–Crippen LogP) is 5.96. The van der Waals surface area contributed by atoms with E-state index >= 15 is 0 Å². The molecule has 1 aromatic heterocycles. The lowest BCUT2D eigenvalue weighted by Crippen LogP contribution is -2.20. The number of allylic oxidation sites excluding steroid dienone is 1. The summed E-state index contributed by atoms with van der Waals surface area (Å²) >= 11 is 6.46. The maximum absolute atomic E-state index is 12.3. The number of ether oxygens (including phenoxy) is 2. The molecule has 0 aliphatic heterocycles. The molecule has 0 aliphatic carbocycles. The lowest BCUT2D eigenvalue weighted by molar-refractivity contribution is -0.118. The first-order valence-electron chi connectivity index (χ1n) is 10.5. The highest BCUT2D eigenvalue weighted by Gasteiger charge is 2.16. The van der Waals surface area contributed by atoms with Crippen LogP contribution in [0.1, 0.15) is 18.4 Å². The number of para-hydroxylation sites is 3. The Hall–Kier alpha value is -4.28. The van der Waals surface area contributed by atoms with Crippen molar-refractivity contribution in [1.82, 2.24) is 4.98 Å². The summed E-state index contributed by atoms with van der Waals surface area (Å²) < 4.78 is 17.1. The zero-order chi connectivity index (χ0) is 23.9. The number of nitrogens with one attached hydrogen (secondary N) is 1. The van der Waals surface area contributed by atoms with Crippen LogP contribution >= 0.6 is 11.6 Å². The molecule has 0 aliphatic rings. The van der Waals surface area contributed by atoms with Gasteiger partial charge in [0.1, 0.15) is 17.2 Å². The highest BCUT2D eigenvalue weighted by atomic mass is 35.5. The van der Waals surface area contributed by atoms with Crippen LogP contribution in [0.3, 0.4) is 0 Å². The third kappa shape index (κ3) is 5.37. The average molecular weight is 474 g/mol. The Labute approximate surface area is 201 Å². The number of oxazole rings is 1. The molecule has 0 saturated carbocycles. The summed E-state index contributed by atoms with van der Waals surface area (Å²) in [7, 11) is 0. The molecule has 0 atom stereocenters. The number of aromatic nitrogens is 1. The van der Waals surface area contributed by atoms with Crippen LogP contribution in [-0.2, 0) is 4.79 Å². The number of benzene rings is 3. The van der Waals surface area contributed by atoms with Gasteiger partial charge in [-0.2, -0.15) is 5.26 Å². The molecule has 34 heavy (non-hydrogen) atoms. The van der Waals surface area contributed by atoms with E-state index in [1.54, 1.807) is 36.4 Å². The molecule has 170 valence electrons.